The zero-order chi connectivity index (χ0) is 14.5. The van der Waals surface area contributed by atoms with Gasteiger partial charge in [0.25, 0.3) is 5.91 Å². The SMILES string of the molecule is CC(=NNC(=O)c1cc(Cl)ccc1O)c1ccncc1. The van der Waals surface area contributed by atoms with Crippen LogP contribution in [0, 0.1) is 0 Å². The number of nitrogens with zero attached hydrogens (tertiary/aromatic N) is 2. The Morgan fingerprint density at radius 3 is 2.70 bits per heavy atom. The molecule has 0 saturated heterocycles. The number of hydrazone groups is 1. The fraction of sp³-hybridized carbons (Fsp3) is 0.0714. The molecule has 0 aliphatic rings. The summed E-state index contributed by atoms with van der Waals surface area (Å²) in [6.45, 7) is 1.76. The van der Waals surface area contributed by atoms with Crippen molar-refractivity contribution in [1.29, 1.82) is 0 Å². The molecule has 0 bridgehead atoms. The molecule has 20 heavy (non-hydrogen) atoms. The van der Waals surface area contributed by atoms with E-state index in [1.165, 1.54) is 18.2 Å². The topological polar surface area (TPSA) is 74.6 Å². The van der Waals surface area contributed by atoms with Crippen molar-refractivity contribution in [3.63, 3.8) is 0 Å². The molecule has 2 N–H and O–H groups in total. The number of hydrogen-bond acceptors (Lipinski definition) is 4. The molecule has 0 fully saturated rings. The Balaban J connectivity index is 2.14. The molecule has 0 unspecified atom stereocenters. The number of carbonyl (C=O) groups excluding carboxylic acids is 1. The monoisotopic (exact) mass is 289 g/mol. The first-order chi connectivity index (χ1) is 9.58. The average Bonchev–Trinajstić information content (AvgIpc) is 2.47. The van der Waals surface area contributed by atoms with Gasteiger partial charge in [0.1, 0.15) is 5.75 Å². The van der Waals surface area contributed by atoms with E-state index < -0.39 is 5.91 Å². The minimum atomic E-state index is -0.529. The van der Waals surface area contributed by atoms with Crippen molar-refractivity contribution in [3.8, 4) is 5.75 Å². The Hall–Kier alpha value is -2.40. The molecule has 0 spiro atoms. The lowest BCUT2D eigenvalue weighted by molar-refractivity contribution is 0.0952. The molecular weight excluding hydrogens is 278 g/mol. The van der Waals surface area contributed by atoms with Crippen LogP contribution in [0.2, 0.25) is 5.02 Å². The van der Waals surface area contributed by atoms with E-state index in [2.05, 4.69) is 15.5 Å². The summed E-state index contributed by atoms with van der Waals surface area (Å²) >= 11 is 5.79. The first-order valence-electron chi connectivity index (χ1n) is 5.81. The summed E-state index contributed by atoms with van der Waals surface area (Å²) in [6.07, 6.45) is 3.28. The van der Waals surface area contributed by atoms with Crippen LogP contribution < -0.4 is 5.43 Å². The molecule has 1 amide bonds. The normalized spacial score (nSPS) is 11.2. The van der Waals surface area contributed by atoms with Crippen molar-refractivity contribution in [3.05, 3.63) is 58.9 Å². The number of carbonyl (C=O) groups is 1. The minimum Gasteiger partial charge on any atom is -0.507 e. The highest BCUT2D eigenvalue weighted by Gasteiger charge is 2.11. The van der Waals surface area contributed by atoms with Crippen molar-refractivity contribution >= 4 is 23.2 Å². The fourth-order valence-corrected chi connectivity index (χ4v) is 1.71. The smallest absolute Gasteiger partial charge is 0.275 e. The van der Waals surface area contributed by atoms with Crippen LogP contribution in [0.25, 0.3) is 0 Å². The molecular formula is C14H12ClN3O2. The van der Waals surface area contributed by atoms with Gasteiger partial charge in [-0.25, -0.2) is 5.43 Å². The molecule has 1 heterocycles. The number of nitrogens with one attached hydrogen (secondary N) is 1. The number of hydrogen-bond donors (Lipinski definition) is 2. The van der Waals surface area contributed by atoms with E-state index in [1.54, 1.807) is 31.5 Å². The van der Waals surface area contributed by atoms with Crippen molar-refractivity contribution in [2.45, 2.75) is 6.92 Å². The van der Waals surface area contributed by atoms with Crippen LogP contribution in [0.5, 0.6) is 5.75 Å². The van der Waals surface area contributed by atoms with Crippen LogP contribution in [0.15, 0.2) is 47.8 Å². The Bertz CT molecular complexity index is 657. The highest BCUT2D eigenvalue weighted by Crippen LogP contribution is 2.21. The maximum absolute atomic E-state index is 11.9. The Morgan fingerprint density at radius 1 is 1.30 bits per heavy atom. The fourth-order valence-electron chi connectivity index (χ4n) is 1.54. The van der Waals surface area contributed by atoms with E-state index in [1.807, 2.05) is 0 Å². The Morgan fingerprint density at radius 2 is 2.00 bits per heavy atom. The van der Waals surface area contributed by atoms with Gasteiger partial charge in [-0.1, -0.05) is 11.6 Å². The molecule has 0 aliphatic heterocycles. The number of phenolic OH excluding ortho intramolecular Hbond substituents is 1. The second-order valence-electron chi connectivity index (χ2n) is 4.04. The van der Waals surface area contributed by atoms with Gasteiger partial charge in [0.15, 0.2) is 0 Å². The second kappa shape index (κ2) is 6.16. The third-order valence-corrected chi connectivity index (χ3v) is 2.86. The highest BCUT2D eigenvalue weighted by molar-refractivity contribution is 6.31. The van der Waals surface area contributed by atoms with Gasteiger partial charge in [0, 0.05) is 23.0 Å². The second-order valence-corrected chi connectivity index (χ2v) is 4.47. The number of benzene rings is 1. The number of pyridine rings is 1. The summed E-state index contributed by atoms with van der Waals surface area (Å²) in [5.74, 6) is -0.679. The number of aromatic hydroxyl groups is 1. The van der Waals surface area contributed by atoms with E-state index in [4.69, 9.17) is 11.6 Å². The summed E-state index contributed by atoms with van der Waals surface area (Å²) in [6, 6.07) is 7.79. The van der Waals surface area contributed by atoms with Crippen molar-refractivity contribution in [2.75, 3.05) is 0 Å². The van der Waals surface area contributed by atoms with Crippen LogP contribution in [-0.2, 0) is 0 Å². The molecule has 0 saturated carbocycles. The molecule has 0 atom stereocenters. The molecule has 2 rings (SSSR count). The molecule has 1 aromatic heterocycles. The van der Waals surface area contributed by atoms with Crippen molar-refractivity contribution in [2.24, 2.45) is 5.10 Å². The van der Waals surface area contributed by atoms with Crippen LogP contribution in [0.4, 0.5) is 0 Å². The third kappa shape index (κ3) is 3.33. The predicted molar refractivity (Wildman–Crippen MR) is 77.0 cm³/mol. The number of aromatic nitrogens is 1. The van der Waals surface area contributed by atoms with Crippen LogP contribution in [0.1, 0.15) is 22.8 Å². The lowest BCUT2D eigenvalue weighted by Crippen LogP contribution is -2.19. The summed E-state index contributed by atoms with van der Waals surface area (Å²) in [7, 11) is 0. The first kappa shape index (κ1) is 14.0. The third-order valence-electron chi connectivity index (χ3n) is 2.63. The lowest BCUT2D eigenvalue weighted by atomic mass is 10.2. The first-order valence-corrected chi connectivity index (χ1v) is 6.19. The quantitative estimate of drug-likeness (QED) is 0.674. The van der Waals surface area contributed by atoms with Crippen molar-refractivity contribution in [1.82, 2.24) is 10.4 Å². The summed E-state index contributed by atoms with van der Waals surface area (Å²) in [5.41, 5.74) is 3.92. The molecule has 6 heteroatoms. The summed E-state index contributed by atoms with van der Waals surface area (Å²) < 4.78 is 0. The largest absolute Gasteiger partial charge is 0.507 e. The maximum Gasteiger partial charge on any atom is 0.275 e. The van der Waals surface area contributed by atoms with Gasteiger partial charge in [0.2, 0.25) is 0 Å². The van der Waals surface area contributed by atoms with Crippen molar-refractivity contribution < 1.29 is 9.90 Å². The molecule has 0 aliphatic carbocycles. The van der Waals surface area contributed by atoms with E-state index >= 15 is 0 Å². The predicted octanol–water partition coefficient (Wildman–Crippen LogP) is 2.59. The Kier molecular flexibility index (Phi) is 4.32. The maximum atomic E-state index is 11.9. The van der Waals surface area contributed by atoms with Gasteiger partial charge < -0.3 is 5.11 Å². The van der Waals surface area contributed by atoms with Gasteiger partial charge in [-0.3, -0.25) is 9.78 Å². The van der Waals surface area contributed by atoms with E-state index in [9.17, 15) is 9.90 Å². The Labute approximate surface area is 120 Å². The van der Waals surface area contributed by atoms with Crippen LogP contribution in [0.3, 0.4) is 0 Å². The standard InChI is InChI=1S/C14H12ClN3O2/c1-9(10-4-6-16-7-5-10)17-18-14(20)12-8-11(15)2-3-13(12)19/h2-8,19H,1H3,(H,18,20). The van der Waals surface area contributed by atoms with E-state index in [0.29, 0.717) is 10.7 Å². The van der Waals surface area contributed by atoms with Crippen LogP contribution in [-0.4, -0.2) is 21.7 Å². The zero-order valence-electron chi connectivity index (χ0n) is 10.7. The molecule has 5 nitrogen and oxygen atoms in total. The van der Waals surface area contributed by atoms with Gasteiger partial charge in [-0.05, 0) is 37.3 Å². The number of rotatable bonds is 3. The summed E-state index contributed by atoms with van der Waals surface area (Å²) in [5, 5.41) is 14.0. The molecule has 2 aromatic rings. The average molecular weight is 290 g/mol. The number of phenols is 1. The minimum absolute atomic E-state index is 0.0729. The lowest BCUT2D eigenvalue weighted by Gasteiger charge is -2.05. The molecule has 102 valence electrons. The van der Waals surface area contributed by atoms with E-state index in [0.717, 1.165) is 5.56 Å². The molecule has 1 aromatic carbocycles. The van der Waals surface area contributed by atoms with Crippen LogP contribution >= 0.6 is 11.6 Å². The zero-order valence-corrected chi connectivity index (χ0v) is 11.4. The number of halogens is 1. The van der Waals surface area contributed by atoms with Gasteiger partial charge in [-0.2, -0.15) is 5.10 Å². The van der Waals surface area contributed by atoms with Gasteiger partial charge >= 0.3 is 0 Å². The molecule has 0 radical (unpaired) electrons. The highest BCUT2D eigenvalue weighted by atomic mass is 35.5. The van der Waals surface area contributed by atoms with Gasteiger partial charge in [0.05, 0.1) is 11.3 Å². The number of amides is 1. The van der Waals surface area contributed by atoms with Gasteiger partial charge in [-0.15, -0.1) is 0 Å². The van der Waals surface area contributed by atoms with E-state index in [-0.39, 0.29) is 11.3 Å². The summed E-state index contributed by atoms with van der Waals surface area (Å²) in [4.78, 5) is 15.8.